The molecule has 0 bridgehead atoms. The molecule has 6 nitrogen and oxygen atoms in total. The lowest BCUT2D eigenvalue weighted by atomic mass is 9.98. The number of piperidine rings is 1. The lowest BCUT2D eigenvalue weighted by molar-refractivity contribution is -0.136. The van der Waals surface area contributed by atoms with Crippen molar-refractivity contribution in [1.82, 2.24) is 15.5 Å². The van der Waals surface area contributed by atoms with E-state index in [-0.39, 0.29) is 12.0 Å². The van der Waals surface area contributed by atoms with Gasteiger partial charge in [0.1, 0.15) is 11.9 Å². The summed E-state index contributed by atoms with van der Waals surface area (Å²) in [6.45, 7) is 8.38. The summed E-state index contributed by atoms with van der Waals surface area (Å²) in [5, 5.41) is 7.40. The highest BCUT2D eigenvalue weighted by Gasteiger charge is 2.26. The van der Waals surface area contributed by atoms with Gasteiger partial charge >= 0.3 is 0 Å². The SMILES string of the molecule is CCC(CC)C(=O)N1CCC(NC(=NC)NCC(C)Oc2ccccc2Cl)CC1. The number of aliphatic imine (C=N–C) groups is 1. The van der Waals surface area contributed by atoms with Gasteiger partial charge < -0.3 is 20.3 Å². The molecule has 1 atom stereocenters. The molecule has 1 unspecified atom stereocenters. The Balaban J connectivity index is 1.75. The number of benzene rings is 1. The first-order chi connectivity index (χ1) is 14.0. The summed E-state index contributed by atoms with van der Waals surface area (Å²) in [7, 11) is 1.76. The molecule has 0 aliphatic carbocycles. The molecular weight excluding hydrogens is 388 g/mol. The van der Waals surface area contributed by atoms with Crippen molar-refractivity contribution in [2.75, 3.05) is 26.7 Å². The van der Waals surface area contributed by atoms with Gasteiger partial charge in [-0.05, 0) is 44.7 Å². The fourth-order valence-corrected chi connectivity index (χ4v) is 3.75. The maximum atomic E-state index is 12.5. The van der Waals surface area contributed by atoms with Gasteiger partial charge in [0.05, 0.1) is 11.6 Å². The third-order valence-corrected chi connectivity index (χ3v) is 5.74. The molecule has 1 saturated heterocycles. The predicted molar refractivity (Wildman–Crippen MR) is 120 cm³/mol. The van der Waals surface area contributed by atoms with E-state index in [1.54, 1.807) is 7.05 Å². The molecule has 2 N–H and O–H groups in total. The van der Waals surface area contributed by atoms with Crippen molar-refractivity contribution in [3.63, 3.8) is 0 Å². The average Bonchev–Trinajstić information content (AvgIpc) is 2.74. The second-order valence-electron chi connectivity index (χ2n) is 7.57. The van der Waals surface area contributed by atoms with Gasteiger partial charge in [0.15, 0.2) is 5.96 Å². The fourth-order valence-electron chi connectivity index (χ4n) is 3.57. The molecule has 29 heavy (non-hydrogen) atoms. The minimum absolute atomic E-state index is 0.0621. The first-order valence-electron chi connectivity index (χ1n) is 10.7. The van der Waals surface area contributed by atoms with Gasteiger partial charge in [0.2, 0.25) is 5.91 Å². The Morgan fingerprint density at radius 2 is 1.93 bits per heavy atom. The summed E-state index contributed by atoms with van der Waals surface area (Å²) in [5.74, 6) is 1.90. The number of nitrogens with one attached hydrogen (secondary N) is 2. The highest BCUT2D eigenvalue weighted by Crippen LogP contribution is 2.24. The zero-order chi connectivity index (χ0) is 21.2. The Labute approximate surface area is 180 Å². The normalized spacial score (nSPS) is 16.6. The Morgan fingerprint density at radius 1 is 1.28 bits per heavy atom. The molecule has 7 heteroatoms. The smallest absolute Gasteiger partial charge is 0.225 e. The van der Waals surface area contributed by atoms with Gasteiger partial charge in [0.25, 0.3) is 0 Å². The lowest BCUT2D eigenvalue weighted by Crippen LogP contribution is -2.51. The van der Waals surface area contributed by atoms with Gasteiger partial charge in [-0.2, -0.15) is 0 Å². The summed E-state index contributed by atoms with van der Waals surface area (Å²) in [5.41, 5.74) is 0. The largest absolute Gasteiger partial charge is 0.487 e. The molecule has 1 aliphatic heterocycles. The second-order valence-corrected chi connectivity index (χ2v) is 7.98. The van der Waals surface area contributed by atoms with Crippen LogP contribution in [-0.2, 0) is 4.79 Å². The van der Waals surface area contributed by atoms with E-state index < -0.39 is 0 Å². The summed E-state index contributed by atoms with van der Waals surface area (Å²) in [6.07, 6.45) is 3.63. The van der Waals surface area contributed by atoms with Crippen LogP contribution in [-0.4, -0.2) is 55.6 Å². The zero-order valence-electron chi connectivity index (χ0n) is 18.1. The Hall–Kier alpha value is -1.95. The number of ether oxygens (including phenoxy) is 1. The summed E-state index contributed by atoms with van der Waals surface area (Å²) in [4.78, 5) is 18.9. The molecule has 1 amide bonds. The number of hydrogen-bond donors (Lipinski definition) is 2. The van der Waals surface area contributed by atoms with Crippen LogP contribution in [0.2, 0.25) is 5.02 Å². The number of carbonyl (C=O) groups excluding carboxylic acids is 1. The van der Waals surface area contributed by atoms with Crippen LogP contribution in [0.3, 0.4) is 0 Å². The number of amides is 1. The van der Waals surface area contributed by atoms with Crippen molar-refractivity contribution < 1.29 is 9.53 Å². The number of para-hydroxylation sites is 1. The maximum absolute atomic E-state index is 12.5. The molecule has 1 aliphatic rings. The van der Waals surface area contributed by atoms with E-state index >= 15 is 0 Å². The van der Waals surface area contributed by atoms with Gasteiger partial charge in [-0.3, -0.25) is 9.79 Å². The van der Waals surface area contributed by atoms with Crippen molar-refractivity contribution in [2.45, 2.75) is 58.6 Å². The number of guanidine groups is 1. The van der Waals surface area contributed by atoms with Crippen LogP contribution >= 0.6 is 11.6 Å². The minimum Gasteiger partial charge on any atom is -0.487 e. The predicted octanol–water partition coefficient (Wildman–Crippen LogP) is 3.70. The first-order valence-corrected chi connectivity index (χ1v) is 11.0. The summed E-state index contributed by atoms with van der Waals surface area (Å²) in [6, 6.07) is 7.78. The number of rotatable bonds is 8. The second kappa shape index (κ2) is 11.9. The average molecular weight is 423 g/mol. The van der Waals surface area contributed by atoms with Crippen molar-refractivity contribution in [3.8, 4) is 5.75 Å². The van der Waals surface area contributed by atoms with Crippen LogP contribution in [0, 0.1) is 5.92 Å². The van der Waals surface area contributed by atoms with Crippen LogP contribution < -0.4 is 15.4 Å². The first kappa shape index (κ1) is 23.3. The third-order valence-electron chi connectivity index (χ3n) is 5.43. The van der Waals surface area contributed by atoms with Gasteiger partial charge in [-0.1, -0.05) is 37.6 Å². The molecule has 0 radical (unpaired) electrons. The molecule has 1 heterocycles. The van der Waals surface area contributed by atoms with Crippen LogP contribution in [0.25, 0.3) is 0 Å². The quantitative estimate of drug-likeness (QED) is 0.495. The Kier molecular flexibility index (Phi) is 9.58. The molecule has 1 fully saturated rings. The molecular formula is C22H35ClN4O2. The van der Waals surface area contributed by atoms with E-state index in [0.29, 0.717) is 29.3 Å². The van der Waals surface area contributed by atoms with Gasteiger partial charge in [0, 0.05) is 32.1 Å². The van der Waals surface area contributed by atoms with Crippen LogP contribution in [0.4, 0.5) is 0 Å². The third kappa shape index (κ3) is 7.11. The van der Waals surface area contributed by atoms with E-state index in [0.717, 1.165) is 44.7 Å². The van der Waals surface area contributed by atoms with E-state index in [4.69, 9.17) is 16.3 Å². The number of carbonyl (C=O) groups is 1. The number of nitrogens with zero attached hydrogens (tertiary/aromatic N) is 2. The van der Waals surface area contributed by atoms with Crippen molar-refractivity contribution in [3.05, 3.63) is 29.3 Å². The van der Waals surface area contributed by atoms with E-state index in [1.807, 2.05) is 36.1 Å². The molecule has 0 spiro atoms. The van der Waals surface area contributed by atoms with Crippen LogP contribution in [0.5, 0.6) is 5.75 Å². The Morgan fingerprint density at radius 3 is 2.52 bits per heavy atom. The van der Waals surface area contributed by atoms with Gasteiger partial charge in [-0.25, -0.2) is 0 Å². The highest BCUT2D eigenvalue weighted by atomic mass is 35.5. The number of likely N-dealkylation sites (tertiary alicyclic amines) is 1. The molecule has 1 aromatic rings. The lowest BCUT2D eigenvalue weighted by Gasteiger charge is -2.35. The Bertz CT molecular complexity index is 671. The molecule has 162 valence electrons. The standard InChI is InChI=1S/C22H35ClN4O2/c1-5-17(6-2)21(28)27-13-11-18(12-14-27)26-22(24-4)25-15-16(3)29-20-10-8-7-9-19(20)23/h7-10,16-18H,5-6,11-15H2,1-4H3,(H2,24,25,26). The minimum atomic E-state index is -0.0621. The monoisotopic (exact) mass is 422 g/mol. The maximum Gasteiger partial charge on any atom is 0.225 e. The molecule has 0 saturated carbocycles. The number of halogens is 1. The van der Waals surface area contributed by atoms with E-state index in [2.05, 4.69) is 29.5 Å². The summed E-state index contributed by atoms with van der Waals surface area (Å²) >= 11 is 6.15. The number of hydrogen-bond acceptors (Lipinski definition) is 3. The topological polar surface area (TPSA) is 66.0 Å². The van der Waals surface area contributed by atoms with Crippen molar-refractivity contribution in [2.24, 2.45) is 10.9 Å². The molecule has 1 aromatic carbocycles. The van der Waals surface area contributed by atoms with E-state index in [1.165, 1.54) is 0 Å². The van der Waals surface area contributed by atoms with E-state index in [9.17, 15) is 4.79 Å². The van der Waals surface area contributed by atoms with Crippen molar-refractivity contribution >= 4 is 23.5 Å². The fraction of sp³-hybridized carbons (Fsp3) is 0.636. The highest BCUT2D eigenvalue weighted by molar-refractivity contribution is 6.32. The molecule has 2 rings (SSSR count). The molecule has 0 aromatic heterocycles. The van der Waals surface area contributed by atoms with Crippen LogP contribution in [0.15, 0.2) is 29.3 Å². The summed E-state index contributed by atoms with van der Waals surface area (Å²) < 4.78 is 5.89. The van der Waals surface area contributed by atoms with Crippen LogP contribution in [0.1, 0.15) is 46.5 Å². The zero-order valence-corrected chi connectivity index (χ0v) is 18.8. The van der Waals surface area contributed by atoms with Gasteiger partial charge in [-0.15, -0.1) is 0 Å². The van der Waals surface area contributed by atoms with Crippen molar-refractivity contribution in [1.29, 1.82) is 0 Å².